The number of anilines is 6. The van der Waals surface area contributed by atoms with Gasteiger partial charge in [-0.2, -0.15) is 0 Å². The molecule has 0 saturated heterocycles. The van der Waals surface area contributed by atoms with Gasteiger partial charge in [-0.05, 0) is 141 Å². The van der Waals surface area contributed by atoms with Crippen molar-refractivity contribution in [2.45, 2.75) is 9.79 Å². The molecule has 0 aliphatic rings. The molecule has 0 aliphatic carbocycles. The average Bonchev–Trinajstić information content (AvgIpc) is 4.00. The van der Waals surface area contributed by atoms with Crippen LogP contribution in [0.1, 0.15) is 0 Å². The van der Waals surface area contributed by atoms with E-state index < -0.39 is 20.1 Å². The fraction of sp³-hybridized carbons (Fsp3) is 0.0909. The molecule has 4 nitrogen and oxygen atoms in total. The van der Waals surface area contributed by atoms with Crippen LogP contribution >= 0.6 is 20.1 Å². The lowest BCUT2D eigenvalue weighted by molar-refractivity contribution is 0.660. The van der Waals surface area contributed by atoms with E-state index in [1.807, 2.05) is 0 Å². The van der Waals surface area contributed by atoms with Gasteiger partial charge in [-0.3, -0.25) is 0 Å². The fourth-order valence-corrected chi connectivity index (χ4v) is 14.0. The number of rotatable bonds is 8. The zero-order chi connectivity index (χ0) is 48.6. The van der Waals surface area contributed by atoms with E-state index in [0.717, 1.165) is 67.2 Å². The van der Waals surface area contributed by atoms with Gasteiger partial charge in [-0.25, -0.2) is 20.1 Å². The van der Waals surface area contributed by atoms with Crippen LogP contribution in [0.2, 0.25) is 0 Å². The second-order valence-electron chi connectivity index (χ2n) is 20.7. The summed E-state index contributed by atoms with van der Waals surface area (Å²) in [7, 11) is -2.32. The van der Waals surface area contributed by atoms with Crippen LogP contribution in [-0.4, -0.2) is 37.5 Å². The van der Waals surface area contributed by atoms with Gasteiger partial charge in [-0.1, -0.05) is 146 Å². The van der Waals surface area contributed by atoms with Crippen molar-refractivity contribution in [3.63, 3.8) is 0 Å². The number of nitrogens with zero attached hydrogens (tertiary/aromatic N) is 2. The maximum atomic E-state index is 7.29. The average molecular weight is 969 g/mol. The Labute approximate surface area is 421 Å². The van der Waals surface area contributed by atoms with E-state index >= 15 is 0 Å². The summed E-state index contributed by atoms with van der Waals surface area (Å²) < 4.78 is 14.6. The van der Waals surface area contributed by atoms with Crippen molar-refractivity contribution in [2.24, 2.45) is 0 Å². The standard InChI is InChI=1S/C66H52N2O2S2/c1-71(2,3)57-39-43-19-13-15-25-47(43)61-51-27-17-29-55(63(51)69-65(57)61)67(45-21-9-7-10-22-45)53-37-33-41-32-36-50-54(38-34-42-31-35-49(53)59(41)60(42)50)68(46-23-11-8-12-24-46)56-30-18-28-52-62-48-26-16-14-20-44(48)40-58(72(4,5)6)66(62)70-64(52)56/h7-40H,1-6H3. The zero-order valence-corrected chi connectivity index (χ0v) is 42.8. The van der Waals surface area contributed by atoms with Crippen molar-refractivity contribution < 1.29 is 8.83 Å². The monoisotopic (exact) mass is 968 g/mol. The van der Waals surface area contributed by atoms with Crippen molar-refractivity contribution in [1.29, 1.82) is 0 Å². The molecule has 0 amide bonds. The van der Waals surface area contributed by atoms with Crippen molar-refractivity contribution >= 4 is 152 Å². The highest BCUT2D eigenvalue weighted by Gasteiger charge is 2.28. The largest absolute Gasteiger partial charge is 0.453 e. The Balaban J connectivity index is 1.03. The highest BCUT2D eigenvalue weighted by Crippen LogP contribution is 2.56. The lowest BCUT2D eigenvalue weighted by Crippen LogP contribution is -2.11. The van der Waals surface area contributed by atoms with Crippen LogP contribution in [0.25, 0.3) is 97.7 Å². The molecule has 0 radical (unpaired) electrons. The second kappa shape index (κ2) is 15.8. The van der Waals surface area contributed by atoms with E-state index in [1.54, 1.807) is 0 Å². The molecule has 72 heavy (non-hydrogen) atoms. The second-order valence-corrected chi connectivity index (χ2v) is 28.9. The molecule has 0 fully saturated rings. The van der Waals surface area contributed by atoms with Crippen molar-refractivity contribution in [2.75, 3.05) is 47.3 Å². The summed E-state index contributed by atoms with van der Waals surface area (Å²) in [6.07, 6.45) is 14.2. The molecule has 2 heterocycles. The Morgan fingerprint density at radius 2 is 0.653 bits per heavy atom. The van der Waals surface area contributed by atoms with Gasteiger partial charge in [0, 0.05) is 53.5 Å². The highest BCUT2D eigenvalue weighted by atomic mass is 32.3. The highest BCUT2D eigenvalue weighted by molar-refractivity contribution is 8.32. The Hall–Kier alpha value is -7.90. The summed E-state index contributed by atoms with van der Waals surface area (Å²) in [6.45, 7) is 0. The van der Waals surface area contributed by atoms with E-state index in [4.69, 9.17) is 8.83 Å². The SMILES string of the molecule is CS(C)(C)c1cc2ccccc2c2c1oc1c(N(c3ccccc3)c3ccc4ccc5c(N(c6ccccc6)c6cccc7c6oc6c(S(C)(C)C)cc8ccccc8c67)ccc6ccc3c4c65)cccc12. The van der Waals surface area contributed by atoms with E-state index in [1.165, 1.54) is 74.4 Å². The molecule has 14 aromatic rings. The lowest BCUT2D eigenvalue weighted by Gasteiger charge is -2.29. The summed E-state index contributed by atoms with van der Waals surface area (Å²) in [5.74, 6) is 0. The third-order valence-electron chi connectivity index (χ3n) is 14.8. The summed E-state index contributed by atoms with van der Waals surface area (Å²) >= 11 is 0. The van der Waals surface area contributed by atoms with Gasteiger partial charge in [0.05, 0.1) is 22.7 Å². The van der Waals surface area contributed by atoms with Gasteiger partial charge in [0.1, 0.15) is 11.2 Å². The van der Waals surface area contributed by atoms with Crippen LogP contribution in [0.4, 0.5) is 34.1 Å². The van der Waals surface area contributed by atoms with Crippen LogP contribution in [0.3, 0.4) is 0 Å². The van der Waals surface area contributed by atoms with Gasteiger partial charge >= 0.3 is 0 Å². The quantitative estimate of drug-likeness (QED) is 0.142. The molecule has 0 saturated carbocycles. The molecular weight excluding hydrogens is 917 g/mol. The Morgan fingerprint density at radius 3 is 1.07 bits per heavy atom. The zero-order valence-electron chi connectivity index (χ0n) is 41.2. The molecule has 0 unspecified atom stereocenters. The predicted molar refractivity (Wildman–Crippen MR) is 316 cm³/mol. The van der Waals surface area contributed by atoms with Gasteiger partial charge in [0.15, 0.2) is 11.2 Å². The van der Waals surface area contributed by atoms with E-state index in [2.05, 4.69) is 254 Å². The molecule has 12 aromatic carbocycles. The lowest BCUT2D eigenvalue weighted by atomic mass is 9.91. The summed E-state index contributed by atoms with van der Waals surface area (Å²) in [6, 6.07) is 75.6. The number of hydrogen-bond acceptors (Lipinski definition) is 4. The number of para-hydroxylation sites is 4. The molecule has 6 heteroatoms. The maximum Gasteiger partial charge on any atom is 0.159 e. The fourth-order valence-electron chi connectivity index (χ4n) is 11.6. The van der Waals surface area contributed by atoms with E-state index in [0.29, 0.717) is 0 Å². The van der Waals surface area contributed by atoms with E-state index in [9.17, 15) is 0 Å². The number of furan rings is 2. The van der Waals surface area contributed by atoms with Crippen molar-refractivity contribution in [1.82, 2.24) is 0 Å². The predicted octanol–water partition coefficient (Wildman–Crippen LogP) is 19.7. The first-order valence-electron chi connectivity index (χ1n) is 24.5. The Bertz CT molecular complexity index is 4200. The molecule has 0 atom stereocenters. The normalized spacial score (nSPS) is 13.0. The third kappa shape index (κ3) is 6.42. The number of benzene rings is 12. The minimum Gasteiger partial charge on any atom is -0.453 e. The van der Waals surface area contributed by atoms with Gasteiger partial charge in [0.25, 0.3) is 0 Å². The van der Waals surface area contributed by atoms with Crippen molar-refractivity contribution in [3.8, 4) is 0 Å². The van der Waals surface area contributed by atoms with Gasteiger partial charge in [-0.15, -0.1) is 0 Å². The van der Waals surface area contributed by atoms with Gasteiger partial charge in [0.2, 0.25) is 0 Å². The molecule has 2 aromatic heterocycles. The summed E-state index contributed by atoms with van der Waals surface area (Å²) in [5, 5.41) is 16.7. The summed E-state index contributed by atoms with van der Waals surface area (Å²) in [5.41, 5.74) is 10.0. The first-order chi connectivity index (χ1) is 35.0. The molecule has 0 spiro atoms. The smallest absolute Gasteiger partial charge is 0.159 e. The minimum absolute atomic E-state index is 0.882. The number of fused-ring (bicyclic) bond motifs is 10. The number of hydrogen-bond donors (Lipinski definition) is 0. The third-order valence-corrected chi connectivity index (χ3v) is 18.0. The minimum atomic E-state index is -1.16. The first-order valence-corrected chi connectivity index (χ1v) is 30.2. The topological polar surface area (TPSA) is 32.8 Å². The molecule has 0 aliphatic heterocycles. The molecule has 14 rings (SSSR count). The van der Waals surface area contributed by atoms with Crippen LogP contribution in [-0.2, 0) is 0 Å². The van der Waals surface area contributed by atoms with Crippen molar-refractivity contribution in [3.05, 3.63) is 206 Å². The molecular formula is C66H52N2O2S2. The molecule has 0 bridgehead atoms. The van der Waals surface area contributed by atoms with Crippen LogP contribution in [0, 0.1) is 0 Å². The van der Waals surface area contributed by atoms with Crippen LogP contribution in [0.15, 0.2) is 225 Å². The van der Waals surface area contributed by atoms with Crippen LogP contribution in [0.5, 0.6) is 0 Å². The maximum absolute atomic E-state index is 7.29. The van der Waals surface area contributed by atoms with Gasteiger partial charge < -0.3 is 18.6 Å². The van der Waals surface area contributed by atoms with E-state index in [-0.39, 0.29) is 0 Å². The Kier molecular flexibility index (Phi) is 9.42. The molecule has 350 valence electrons. The van der Waals surface area contributed by atoms with Crippen LogP contribution < -0.4 is 9.80 Å². The Morgan fingerprint density at radius 1 is 0.278 bits per heavy atom. The molecule has 0 N–H and O–H groups in total. The summed E-state index contributed by atoms with van der Waals surface area (Å²) in [4.78, 5) is 7.40. The first kappa shape index (κ1) is 42.9.